The van der Waals surface area contributed by atoms with Crippen LogP contribution in [0.4, 0.5) is 0 Å². The number of aldehydes is 1. The fourth-order valence-electron chi connectivity index (χ4n) is 2.14. The Morgan fingerprint density at radius 1 is 1.05 bits per heavy atom. The van der Waals surface area contributed by atoms with Crippen LogP contribution in [0.2, 0.25) is 10.0 Å². The number of carbonyl (C=O) groups is 1. The van der Waals surface area contributed by atoms with E-state index in [1.165, 1.54) is 0 Å². The van der Waals surface area contributed by atoms with Gasteiger partial charge in [0.1, 0.15) is 10.3 Å². The van der Waals surface area contributed by atoms with Crippen LogP contribution in [0.1, 0.15) is 10.4 Å². The second-order valence-corrected chi connectivity index (χ2v) is 6.20. The molecule has 0 atom stereocenters. The molecule has 0 radical (unpaired) electrons. The molecule has 0 spiro atoms. The minimum absolute atomic E-state index is 0.460. The molecule has 0 saturated carbocycles. The summed E-state index contributed by atoms with van der Waals surface area (Å²) in [6.45, 7) is 0. The molecular weight excluding hydrogens is 387 g/mol. The van der Waals surface area contributed by atoms with Gasteiger partial charge in [0.05, 0.1) is 11.3 Å². The van der Waals surface area contributed by atoms with E-state index in [2.05, 4.69) is 21.0 Å². The molecule has 22 heavy (non-hydrogen) atoms. The van der Waals surface area contributed by atoms with Gasteiger partial charge in [0.15, 0.2) is 6.29 Å². The highest BCUT2D eigenvalue weighted by molar-refractivity contribution is 9.10. The third kappa shape index (κ3) is 2.82. The van der Waals surface area contributed by atoms with Crippen molar-refractivity contribution >= 4 is 45.4 Å². The number of aromatic nitrogens is 2. The van der Waals surface area contributed by atoms with E-state index in [1.807, 2.05) is 24.3 Å². The maximum absolute atomic E-state index is 11.5. The van der Waals surface area contributed by atoms with Crippen molar-refractivity contribution in [1.82, 2.24) is 9.78 Å². The molecule has 1 aromatic heterocycles. The lowest BCUT2D eigenvalue weighted by Gasteiger charge is -2.03. The van der Waals surface area contributed by atoms with Gasteiger partial charge < -0.3 is 0 Å². The van der Waals surface area contributed by atoms with Gasteiger partial charge in [-0.1, -0.05) is 41.4 Å². The molecule has 0 fully saturated rings. The first-order valence-electron chi connectivity index (χ1n) is 6.35. The number of hydrogen-bond acceptors (Lipinski definition) is 2. The van der Waals surface area contributed by atoms with Gasteiger partial charge in [-0.05, 0) is 46.3 Å². The molecule has 3 nitrogen and oxygen atoms in total. The lowest BCUT2D eigenvalue weighted by atomic mass is 10.1. The molecule has 3 rings (SSSR count). The topological polar surface area (TPSA) is 34.9 Å². The van der Waals surface area contributed by atoms with Crippen molar-refractivity contribution in [3.8, 4) is 16.9 Å². The number of carbonyl (C=O) groups excluding carboxylic acids is 1. The van der Waals surface area contributed by atoms with Gasteiger partial charge in [-0.15, -0.1) is 0 Å². The monoisotopic (exact) mass is 394 g/mol. The van der Waals surface area contributed by atoms with Crippen molar-refractivity contribution < 1.29 is 4.79 Å². The smallest absolute Gasteiger partial charge is 0.155 e. The Hall–Kier alpha value is -1.62. The van der Waals surface area contributed by atoms with E-state index in [4.69, 9.17) is 23.2 Å². The van der Waals surface area contributed by atoms with Crippen LogP contribution >= 0.6 is 39.1 Å². The minimum atomic E-state index is 0.460. The highest BCUT2D eigenvalue weighted by Gasteiger charge is 2.18. The van der Waals surface area contributed by atoms with Crippen LogP contribution in [0.3, 0.4) is 0 Å². The average molecular weight is 396 g/mol. The first-order chi connectivity index (χ1) is 10.6. The molecular formula is C16H9BrCl2N2O. The summed E-state index contributed by atoms with van der Waals surface area (Å²) in [5, 5.41) is 5.70. The van der Waals surface area contributed by atoms with Crippen LogP contribution in [0, 0.1) is 0 Å². The summed E-state index contributed by atoms with van der Waals surface area (Å²) < 4.78 is 2.20. The van der Waals surface area contributed by atoms with E-state index < -0.39 is 0 Å². The Labute approximate surface area is 145 Å². The number of rotatable bonds is 3. The Balaban J connectivity index is 2.21. The van der Waals surface area contributed by atoms with Crippen LogP contribution in [-0.2, 0) is 0 Å². The fourth-order valence-corrected chi connectivity index (χ4v) is 3.08. The van der Waals surface area contributed by atoms with Gasteiger partial charge in [0.2, 0.25) is 0 Å². The molecule has 0 aliphatic heterocycles. The summed E-state index contributed by atoms with van der Waals surface area (Å²) >= 11 is 15.5. The highest BCUT2D eigenvalue weighted by Crippen LogP contribution is 2.31. The van der Waals surface area contributed by atoms with Crippen LogP contribution < -0.4 is 0 Å². The molecule has 0 N–H and O–H groups in total. The minimum Gasteiger partial charge on any atom is -0.298 e. The van der Waals surface area contributed by atoms with Crippen molar-refractivity contribution in [1.29, 1.82) is 0 Å². The molecule has 110 valence electrons. The first-order valence-corrected chi connectivity index (χ1v) is 7.90. The van der Waals surface area contributed by atoms with E-state index in [0.717, 1.165) is 17.5 Å². The van der Waals surface area contributed by atoms with E-state index in [-0.39, 0.29) is 0 Å². The van der Waals surface area contributed by atoms with Crippen LogP contribution in [0.25, 0.3) is 16.9 Å². The van der Waals surface area contributed by atoms with E-state index in [0.29, 0.717) is 25.9 Å². The third-order valence-electron chi connectivity index (χ3n) is 3.13. The molecule has 3 aromatic rings. The summed E-state index contributed by atoms with van der Waals surface area (Å²) in [5.74, 6) is 0. The third-order valence-corrected chi connectivity index (χ3v) is 4.37. The van der Waals surface area contributed by atoms with Gasteiger partial charge in [-0.2, -0.15) is 5.10 Å². The summed E-state index contributed by atoms with van der Waals surface area (Å²) in [5.41, 5.74) is 2.55. The van der Waals surface area contributed by atoms with Crippen molar-refractivity contribution in [3.63, 3.8) is 0 Å². The number of halogens is 3. The molecule has 1 heterocycles. The lowest BCUT2D eigenvalue weighted by molar-refractivity contribution is 0.112. The maximum Gasteiger partial charge on any atom is 0.155 e. The Kier molecular flexibility index (Phi) is 4.34. The van der Waals surface area contributed by atoms with Crippen molar-refractivity contribution in [2.24, 2.45) is 0 Å². The molecule has 0 unspecified atom stereocenters. The number of nitrogens with zero attached hydrogens (tertiary/aromatic N) is 2. The van der Waals surface area contributed by atoms with Crippen LogP contribution in [-0.4, -0.2) is 16.1 Å². The van der Waals surface area contributed by atoms with Gasteiger partial charge in [0.25, 0.3) is 0 Å². The van der Waals surface area contributed by atoms with Gasteiger partial charge in [-0.3, -0.25) is 4.79 Å². The average Bonchev–Trinajstić information content (AvgIpc) is 2.84. The predicted octanol–water partition coefficient (Wildman–Crippen LogP) is 5.42. The van der Waals surface area contributed by atoms with Crippen LogP contribution in [0.5, 0.6) is 0 Å². The summed E-state index contributed by atoms with van der Waals surface area (Å²) in [4.78, 5) is 11.5. The first kappa shape index (κ1) is 15.3. The fraction of sp³-hybridized carbons (Fsp3) is 0. The molecule has 6 heteroatoms. The van der Waals surface area contributed by atoms with E-state index in [1.54, 1.807) is 28.9 Å². The number of hydrogen-bond donors (Lipinski definition) is 0. The Bertz CT molecular complexity index is 861. The van der Waals surface area contributed by atoms with Crippen molar-refractivity contribution in [2.75, 3.05) is 0 Å². The molecule has 0 bridgehead atoms. The molecule has 0 amide bonds. The Morgan fingerprint density at radius 3 is 2.36 bits per heavy atom. The second-order valence-electron chi connectivity index (χ2n) is 4.57. The Morgan fingerprint density at radius 2 is 1.73 bits per heavy atom. The lowest BCUT2D eigenvalue weighted by Crippen LogP contribution is -1.96. The standard InChI is InChI=1S/C16H9BrCl2N2O/c17-16-14(9-22)15(10-3-1-4-11(18)7-10)20-21(16)13-6-2-5-12(19)8-13/h1-9H. The highest BCUT2D eigenvalue weighted by atomic mass is 79.9. The maximum atomic E-state index is 11.5. The van der Waals surface area contributed by atoms with E-state index >= 15 is 0 Å². The van der Waals surface area contributed by atoms with Gasteiger partial charge in [-0.25, -0.2) is 4.68 Å². The zero-order chi connectivity index (χ0) is 15.7. The normalized spacial score (nSPS) is 10.7. The second kappa shape index (κ2) is 6.24. The molecule has 0 aliphatic carbocycles. The van der Waals surface area contributed by atoms with Gasteiger partial charge in [0, 0.05) is 15.6 Å². The largest absolute Gasteiger partial charge is 0.298 e. The van der Waals surface area contributed by atoms with E-state index in [9.17, 15) is 4.79 Å². The molecule has 0 aliphatic rings. The van der Waals surface area contributed by atoms with Crippen LogP contribution in [0.15, 0.2) is 53.1 Å². The summed E-state index contributed by atoms with van der Waals surface area (Å²) in [6.07, 6.45) is 0.772. The number of benzene rings is 2. The molecule has 2 aromatic carbocycles. The van der Waals surface area contributed by atoms with Gasteiger partial charge >= 0.3 is 0 Å². The summed E-state index contributed by atoms with van der Waals surface area (Å²) in [7, 11) is 0. The SMILES string of the molecule is O=Cc1c(-c2cccc(Cl)c2)nn(-c2cccc(Cl)c2)c1Br. The van der Waals surface area contributed by atoms with Crippen molar-refractivity contribution in [2.45, 2.75) is 0 Å². The zero-order valence-electron chi connectivity index (χ0n) is 11.1. The van der Waals surface area contributed by atoms with Crippen molar-refractivity contribution in [3.05, 3.63) is 68.7 Å². The zero-order valence-corrected chi connectivity index (χ0v) is 14.2. The molecule has 0 saturated heterocycles. The summed E-state index contributed by atoms with van der Waals surface area (Å²) in [6, 6.07) is 14.5. The predicted molar refractivity (Wildman–Crippen MR) is 92.1 cm³/mol. The quantitative estimate of drug-likeness (QED) is 0.555.